The van der Waals surface area contributed by atoms with Gasteiger partial charge in [-0.25, -0.2) is 0 Å². The molecule has 1 aliphatic carbocycles. The third-order valence-corrected chi connectivity index (χ3v) is 4.85. The number of fused-ring (bicyclic) bond motifs is 1. The number of carbonyl (C=O) groups excluding carboxylic acids is 1. The molecule has 0 aromatic carbocycles. The van der Waals surface area contributed by atoms with Gasteiger partial charge in [0.1, 0.15) is 11.5 Å². The molecule has 2 aliphatic rings. The Labute approximate surface area is 141 Å². The number of aromatic nitrogens is 2. The Balaban J connectivity index is 1.38. The van der Waals surface area contributed by atoms with Gasteiger partial charge in [0, 0.05) is 31.7 Å². The van der Waals surface area contributed by atoms with Gasteiger partial charge in [-0.15, -0.1) is 0 Å². The van der Waals surface area contributed by atoms with Crippen LogP contribution in [0.3, 0.4) is 0 Å². The summed E-state index contributed by atoms with van der Waals surface area (Å²) in [5, 5.41) is 7.55. The standard InChI is InChI=1S/C18H24N4O2/c1-13-2-5-17(24-13)12-21-10-15(22-16(11-21)7-9-20-22)6-8-19-18(23)14-3-4-14/h2,5,7,9,14-15H,3-4,6,8,10-12H2,1H3,(H,19,23). The molecule has 1 aliphatic heterocycles. The number of furan rings is 1. The third-order valence-electron chi connectivity index (χ3n) is 4.85. The van der Waals surface area contributed by atoms with Crippen LogP contribution in [0.5, 0.6) is 0 Å². The highest BCUT2D eigenvalue weighted by atomic mass is 16.3. The normalized spacial score (nSPS) is 20.8. The van der Waals surface area contributed by atoms with Gasteiger partial charge in [-0.1, -0.05) is 0 Å². The Morgan fingerprint density at radius 3 is 3.00 bits per heavy atom. The molecule has 1 saturated carbocycles. The van der Waals surface area contributed by atoms with Crippen molar-refractivity contribution in [1.29, 1.82) is 0 Å². The highest BCUT2D eigenvalue weighted by Gasteiger charge is 2.30. The Kier molecular flexibility index (Phi) is 4.14. The van der Waals surface area contributed by atoms with Crippen molar-refractivity contribution in [2.45, 2.75) is 45.3 Å². The van der Waals surface area contributed by atoms with Crippen molar-refractivity contribution < 1.29 is 9.21 Å². The molecule has 6 heteroatoms. The van der Waals surface area contributed by atoms with Gasteiger partial charge in [0.25, 0.3) is 0 Å². The van der Waals surface area contributed by atoms with E-state index in [0.29, 0.717) is 12.6 Å². The van der Waals surface area contributed by atoms with Gasteiger partial charge in [-0.3, -0.25) is 14.4 Å². The summed E-state index contributed by atoms with van der Waals surface area (Å²) >= 11 is 0. The van der Waals surface area contributed by atoms with Crippen molar-refractivity contribution >= 4 is 5.91 Å². The molecule has 24 heavy (non-hydrogen) atoms. The molecular weight excluding hydrogens is 304 g/mol. The lowest BCUT2D eigenvalue weighted by Gasteiger charge is -2.33. The predicted molar refractivity (Wildman–Crippen MR) is 89.2 cm³/mol. The molecule has 1 atom stereocenters. The predicted octanol–water partition coefficient (Wildman–Crippen LogP) is 2.26. The maximum Gasteiger partial charge on any atom is 0.223 e. The van der Waals surface area contributed by atoms with Crippen molar-refractivity contribution in [3.63, 3.8) is 0 Å². The molecule has 1 unspecified atom stereocenters. The van der Waals surface area contributed by atoms with Crippen molar-refractivity contribution in [2.75, 3.05) is 13.1 Å². The minimum atomic E-state index is 0.217. The third kappa shape index (κ3) is 3.38. The van der Waals surface area contributed by atoms with Crippen molar-refractivity contribution in [3.8, 4) is 0 Å². The maximum atomic E-state index is 11.8. The van der Waals surface area contributed by atoms with Crippen molar-refractivity contribution in [3.05, 3.63) is 41.6 Å². The second-order valence-electron chi connectivity index (χ2n) is 6.96. The molecular formula is C18H24N4O2. The monoisotopic (exact) mass is 328 g/mol. The summed E-state index contributed by atoms with van der Waals surface area (Å²) in [5.74, 6) is 2.44. The minimum absolute atomic E-state index is 0.217. The van der Waals surface area contributed by atoms with E-state index in [0.717, 1.165) is 50.4 Å². The van der Waals surface area contributed by atoms with Crippen LogP contribution in [0.2, 0.25) is 0 Å². The zero-order valence-electron chi connectivity index (χ0n) is 14.1. The molecule has 6 nitrogen and oxygen atoms in total. The van der Waals surface area contributed by atoms with Gasteiger partial charge in [0.05, 0.1) is 18.3 Å². The Bertz CT molecular complexity index is 716. The summed E-state index contributed by atoms with van der Waals surface area (Å²) in [4.78, 5) is 14.2. The summed E-state index contributed by atoms with van der Waals surface area (Å²) < 4.78 is 7.83. The van der Waals surface area contributed by atoms with E-state index >= 15 is 0 Å². The van der Waals surface area contributed by atoms with E-state index in [1.165, 1.54) is 5.69 Å². The average Bonchev–Trinajstić information content (AvgIpc) is 3.18. The van der Waals surface area contributed by atoms with Crippen LogP contribution in [-0.2, 0) is 17.9 Å². The van der Waals surface area contributed by atoms with Gasteiger partial charge >= 0.3 is 0 Å². The summed E-state index contributed by atoms with van der Waals surface area (Å²) in [6.07, 6.45) is 4.87. The van der Waals surface area contributed by atoms with Crippen LogP contribution >= 0.6 is 0 Å². The number of rotatable bonds is 6. The molecule has 2 aromatic rings. The van der Waals surface area contributed by atoms with Crippen LogP contribution in [0.25, 0.3) is 0 Å². The number of nitrogens with zero attached hydrogens (tertiary/aromatic N) is 3. The fourth-order valence-corrected chi connectivity index (χ4v) is 3.44. The van der Waals surface area contributed by atoms with Gasteiger partial charge < -0.3 is 9.73 Å². The van der Waals surface area contributed by atoms with Crippen LogP contribution in [0.1, 0.15) is 42.5 Å². The molecule has 128 valence electrons. The van der Waals surface area contributed by atoms with Crippen LogP contribution in [0.15, 0.2) is 28.8 Å². The second-order valence-corrected chi connectivity index (χ2v) is 6.96. The molecule has 0 radical (unpaired) electrons. The van der Waals surface area contributed by atoms with E-state index in [1.807, 2.05) is 25.3 Å². The number of hydrogen-bond donors (Lipinski definition) is 1. The van der Waals surface area contributed by atoms with Gasteiger partial charge in [-0.2, -0.15) is 5.10 Å². The molecule has 1 amide bonds. The van der Waals surface area contributed by atoms with E-state index in [2.05, 4.69) is 26.1 Å². The summed E-state index contributed by atoms with van der Waals surface area (Å²) in [5.41, 5.74) is 1.23. The Morgan fingerprint density at radius 1 is 1.38 bits per heavy atom. The molecule has 4 rings (SSSR count). The molecule has 1 fully saturated rings. The first-order chi connectivity index (χ1) is 11.7. The number of hydrogen-bond acceptors (Lipinski definition) is 4. The van der Waals surface area contributed by atoms with E-state index in [9.17, 15) is 4.79 Å². The highest BCUT2D eigenvalue weighted by molar-refractivity contribution is 5.80. The molecule has 3 heterocycles. The smallest absolute Gasteiger partial charge is 0.223 e. The Hall–Kier alpha value is -2.08. The lowest BCUT2D eigenvalue weighted by molar-refractivity contribution is -0.122. The molecule has 0 spiro atoms. The van der Waals surface area contributed by atoms with Crippen LogP contribution in [-0.4, -0.2) is 33.7 Å². The largest absolute Gasteiger partial charge is 0.465 e. The number of amides is 1. The topological polar surface area (TPSA) is 63.3 Å². The summed E-state index contributed by atoms with van der Waals surface area (Å²) in [6, 6.07) is 6.43. The number of carbonyl (C=O) groups is 1. The van der Waals surface area contributed by atoms with E-state index in [1.54, 1.807) is 0 Å². The lowest BCUT2D eigenvalue weighted by Crippen LogP contribution is -2.39. The number of nitrogens with one attached hydrogen (secondary N) is 1. The first-order valence-corrected chi connectivity index (χ1v) is 8.77. The zero-order valence-corrected chi connectivity index (χ0v) is 14.1. The summed E-state index contributed by atoms with van der Waals surface area (Å²) in [6.45, 7) is 5.30. The van der Waals surface area contributed by atoms with Crippen LogP contribution < -0.4 is 5.32 Å². The summed E-state index contributed by atoms with van der Waals surface area (Å²) in [7, 11) is 0. The van der Waals surface area contributed by atoms with Gasteiger partial charge in [0.15, 0.2) is 0 Å². The fourth-order valence-electron chi connectivity index (χ4n) is 3.44. The first-order valence-electron chi connectivity index (χ1n) is 8.77. The molecule has 1 N–H and O–H groups in total. The van der Waals surface area contributed by atoms with E-state index in [4.69, 9.17) is 4.42 Å². The van der Waals surface area contributed by atoms with Crippen molar-refractivity contribution in [1.82, 2.24) is 20.0 Å². The van der Waals surface area contributed by atoms with Gasteiger partial charge in [-0.05, 0) is 44.4 Å². The van der Waals surface area contributed by atoms with Crippen LogP contribution in [0, 0.1) is 12.8 Å². The minimum Gasteiger partial charge on any atom is -0.465 e. The lowest BCUT2D eigenvalue weighted by atomic mass is 10.1. The maximum absolute atomic E-state index is 11.8. The molecule has 2 aromatic heterocycles. The Morgan fingerprint density at radius 2 is 2.25 bits per heavy atom. The van der Waals surface area contributed by atoms with Crippen molar-refractivity contribution in [2.24, 2.45) is 5.92 Å². The average molecular weight is 328 g/mol. The second kappa shape index (κ2) is 6.43. The van der Waals surface area contributed by atoms with E-state index < -0.39 is 0 Å². The van der Waals surface area contributed by atoms with E-state index in [-0.39, 0.29) is 11.8 Å². The van der Waals surface area contributed by atoms with Gasteiger partial charge in [0.2, 0.25) is 5.91 Å². The van der Waals surface area contributed by atoms with Crippen LogP contribution in [0.4, 0.5) is 0 Å². The molecule has 0 saturated heterocycles. The fraction of sp³-hybridized carbons (Fsp3) is 0.556. The first kappa shape index (κ1) is 15.4. The number of aryl methyl sites for hydroxylation is 1. The zero-order chi connectivity index (χ0) is 16.5. The SMILES string of the molecule is Cc1ccc(CN2Cc3ccnn3C(CCNC(=O)C3CC3)C2)o1. The highest BCUT2D eigenvalue weighted by Crippen LogP contribution is 2.29. The quantitative estimate of drug-likeness (QED) is 0.883. The molecule has 0 bridgehead atoms.